The number of fused-ring (bicyclic) bond motifs is 4. The van der Waals surface area contributed by atoms with E-state index < -0.39 is 0 Å². The highest BCUT2D eigenvalue weighted by Crippen LogP contribution is 2.37. The van der Waals surface area contributed by atoms with Crippen LogP contribution in [0, 0.1) is 5.41 Å². The van der Waals surface area contributed by atoms with Gasteiger partial charge in [-0.2, -0.15) is 9.90 Å². The summed E-state index contributed by atoms with van der Waals surface area (Å²) in [6.07, 6.45) is 7.28. The second-order valence-corrected chi connectivity index (χ2v) is 12.0. The van der Waals surface area contributed by atoms with Gasteiger partial charge in [0.25, 0.3) is 0 Å². The zero-order chi connectivity index (χ0) is 32.7. The summed E-state index contributed by atoms with van der Waals surface area (Å²) in [5, 5.41) is 24.1. The van der Waals surface area contributed by atoms with Crippen molar-refractivity contribution in [1.82, 2.24) is 19.6 Å². The molecule has 1 aliphatic carbocycles. The Bertz CT molecular complexity index is 2590. The Morgan fingerprint density at radius 1 is 0.531 bits per heavy atom. The topological polar surface area (TPSA) is 83.9 Å². The van der Waals surface area contributed by atoms with E-state index in [0.29, 0.717) is 11.4 Å². The van der Waals surface area contributed by atoms with Gasteiger partial charge in [-0.15, -0.1) is 10.2 Å². The fourth-order valence-electron chi connectivity index (χ4n) is 6.43. The highest BCUT2D eigenvalue weighted by atomic mass is 15.5. The van der Waals surface area contributed by atoms with Crippen LogP contribution in [-0.4, -0.2) is 31.0 Å². The van der Waals surface area contributed by atoms with Crippen molar-refractivity contribution in [2.75, 3.05) is 5.43 Å². The minimum Gasteiger partial charge on any atom is -0.309 e. The zero-order valence-electron chi connectivity index (χ0n) is 26.3. The first-order valence-corrected chi connectivity index (χ1v) is 16.1. The Morgan fingerprint density at radius 2 is 1.08 bits per heavy atom. The number of benzene rings is 6. The van der Waals surface area contributed by atoms with Crippen LogP contribution in [0.1, 0.15) is 0 Å². The molecule has 8 aromatic rings. The Morgan fingerprint density at radius 3 is 1.69 bits per heavy atom. The lowest BCUT2D eigenvalue weighted by molar-refractivity contribution is 0.766. The molecule has 232 valence electrons. The third kappa shape index (κ3) is 5.20. The molecule has 2 N–H and O–H groups in total. The summed E-state index contributed by atoms with van der Waals surface area (Å²) in [6.45, 7) is 0. The van der Waals surface area contributed by atoms with Gasteiger partial charge in [0.05, 0.1) is 28.1 Å². The number of hydrazone groups is 1. The summed E-state index contributed by atoms with van der Waals surface area (Å²) in [5.41, 5.74) is 15.6. The first kappa shape index (κ1) is 28.4. The number of nitrogens with one attached hydrogen (secondary N) is 2. The van der Waals surface area contributed by atoms with Gasteiger partial charge in [-0.3, -0.25) is 10.8 Å². The Balaban J connectivity index is 1.09. The number of allylic oxidation sites excluding steroid dienone is 4. The van der Waals surface area contributed by atoms with Crippen LogP contribution < -0.4 is 5.43 Å². The van der Waals surface area contributed by atoms with Crippen molar-refractivity contribution < 1.29 is 0 Å². The molecule has 49 heavy (non-hydrogen) atoms. The predicted octanol–water partition coefficient (Wildman–Crippen LogP) is 9.77. The minimum atomic E-state index is 0.384. The molecule has 2 heterocycles. The lowest BCUT2D eigenvalue weighted by Crippen LogP contribution is -2.11. The van der Waals surface area contributed by atoms with E-state index in [1.165, 1.54) is 10.8 Å². The molecule has 9 rings (SSSR count). The minimum absolute atomic E-state index is 0.384. The van der Waals surface area contributed by atoms with Gasteiger partial charge in [-0.1, -0.05) is 78.9 Å². The molecule has 7 nitrogen and oxygen atoms in total. The second-order valence-electron chi connectivity index (χ2n) is 12.0. The third-order valence-electron chi connectivity index (χ3n) is 8.93. The van der Waals surface area contributed by atoms with E-state index in [0.717, 1.165) is 61.4 Å². The molecule has 0 atom stereocenters. The molecule has 7 heteroatoms. The molecule has 0 amide bonds. The molecule has 6 aromatic carbocycles. The van der Waals surface area contributed by atoms with E-state index in [4.69, 9.17) is 5.41 Å². The number of para-hydroxylation sites is 1. The van der Waals surface area contributed by atoms with Crippen molar-refractivity contribution >= 4 is 50.0 Å². The summed E-state index contributed by atoms with van der Waals surface area (Å²) in [7, 11) is 0. The SMILES string of the molecule is N=C1C=CC=C/C1=N/Nc1ccc(-c2ccc3c(c2)c2cc(-c4ccc(-n5nc6ccccc6n5)cc4)ccc2n3-c2ccccc2)cc1. The Hall–Kier alpha value is -6.86. The Kier molecular flexibility index (Phi) is 6.80. The summed E-state index contributed by atoms with van der Waals surface area (Å²) in [4.78, 5) is 1.70. The molecule has 0 saturated carbocycles. The average molecular weight is 632 g/mol. The van der Waals surface area contributed by atoms with Gasteiger partial charge in [0.1, 0.15) is 16.7 Å². The van der Waals surface area contributed by atoms with Crippen molar-refractivity contribution in [3.8, 4) is 33.6 Å². The highest BCUT2D eigenvalue weighted by molar-refractivity contribution is 6.50. The largest absolute Gasteiger partial charge is 0.309 e. The maximum absolute atomic E-state index is 8.04. The van der Waals surface area contributed by atoms with Crippen LogP contribution in [0.15, 0.2) is 169 Å². The van der Waals surface area contributed by atoms with E-state index in [1.54, 1.807) is 10.9 Å². The average Bonchev–Trinajstić information content (AvgIpc) is 3.74. The maximum Gasteiger partial charge on any atom is 0.113 e. The molecule has 0 radical (unpaired) electrons. The van der Waals surface area contributed by atoms with Crippen molar-refractivity contribution in [2.45, 2.75) is 0 Å². The Labute approximate surface area is 282 Å². The molecular formula is C42H29N7. The van der Waals surface area contributed by atoms with Gasteiger partial charge in [-0.25, -0.2) is 0 Å². The predicted molar refractivity (Wildman–Crippen MR) is 201 cm³/mol. The number of anilines is 1. The van der Waals surface area contributed by atoms with Crippen molar-refractivity contribution in [2.24, 2.45) is 5.10 Å². The fourth-order valence-corrected chi connectivity index (χ4v) is 6.43. The number of aromatic nitrogens is 4. The molecule has 0 bridgehead atoms. The van der Waals surface area contributed by atoms with E-state index in [-0.39, 0.29) is 0 Å². The van der Waals surface area contributed by atoms with Gasteiger partial charge in [-0.05, 0) is 107 Å². The molecule has 0 saturated heterocycles. The molecule has 1 aliphatic rings. The first-order valence-electron chi connectivity index (χ1n) is 16.1. The van der Waals surface area contributed by atoms with Gasteiger partial charge < -0.3 is 4.57 Å². The second kappa shape index (κ2) is 11.7. The van der Waals surface area contributed by atoms with Crippen LogP contribution in [0.2, 0.25) is 0 Å². The quantitative estimate of drug-likeness (QED) is 0.142. The molecular weight excluding hydrogens is 603 g/mol. The number of rotatable bonds is 6. The van der Waals surface area contributed by atoms with E-state index in [1.807, 2.05) is 54.6 Å². The van der Waals surface area contributed by atoms with Crippen molar-refractivity contribution in [3.63, 3.8) is 0 Å². The van der Waals surface area contributed by atoms with Crippen LogP contribution in [0.3, 0.4) is 0 Å². The van der Waals surface area contributed by atoms with Crippen LogP contribution in [0.5, 0.6) is 0 Å². The van der Waals surface area contributed by atoms with Crippen molar-refractivity contribution in [1.29, 1.82) is 5.41 Å². The van der Waals surface area contributed by atoms with Gasteiger partial charge in [0, 0.05) is 16.5 Å². The van der Waals surface area contributed by atoms with E-state index in [2.05, 4.69) is 128 Å². The summed E-state index contributed by atoms with van der Waals surface area (Å²) in [6, 6.07) is 48.5. The summed E-state index contributed by atoms with van der Waals surface area (Å²) < 4.78 is 2.34. The van der Waals surface area contributed by atoms with Crippen LogP contribution >= 0.6 is 0 Å². The lowest BCUT2D eigenvalue weighted by atomic mass is 10.00. The van der Waals surface area contributed by atoms with Gasteiger partial charge in [0.15, 0.2) is 0 Å². The number of nitrogens with zero attached hydrogens (tertiary/aromatic N) is 5. The number of hydrogen-bond donors (Lipinski definition) is 2. The first-order chi connectivity index (χ1) is 24.2. The van der Waals surface area contributed by atoms with Crippen LogP contribution in [0.25, 0.3) is 66.5 Å². The zero-order valence-corrected chi connectivity index (χ0v) is 26.3. The standard InChI is InChI=1S/C42H29N7/c43-37-10-4-5-11-38(37)45-44-32-20-14-28(15-21-32)30-18-24-41-35(26-30)36-27-31(19-25-42(36)48(41)33-8-2-1-3-9-33)29-16-22-34(23-17-29)49-46-39-12-6-7-13-40(39)47-49/h1-27,43-44H/b43-37?,45-38-. The van der Waals surface area contributed by atoms with Crippen LogP contribution in [0.4, 0.5) is 5.69 Å². The molecule has 0 unspecified atom stereocenters. The molecule has 0 fully saturated rings. The molecule has 0 aliphatic heterocycles. The normalized spacial score (nSPS) is 13.6. The van der Waals surface area contributed by atoms with Gasteiger partial charge in [0.2, 0.25) is 0 Å². The summed E-state index contributed by atoms with van der Waals surface area (Å²) in [5.74, 6) is 0. The molecule has 2 aromatic heterocycles. The van der Waals surface area contributed by atoms with Crippen molar-refractivity contribution in [3.05, 3.63) is 164 Å². The van der Waals surface area contributed by atoms with Crippen LogP contribution in [-0.2, 0) is 0 Å². The maximum atomic E-state index is 8.04. The lowest BCUT2D eigenvalue weighted by Gasteiger charge is -2.09. The van der Waals surface area contributed by atoms with E-state index in [9.17, 15) is 0 Å². The number of hydrogen-bond acceptors (Lipinski definition) is 5. The third-order valence-corrected chi connectivity index (χ3v) is 8.93. The summed E-state index contributed by atoms with van der Waals surface area (Å²) >= 11 is 0. The fraction of sp³-hybridized carbons (Fsp3) is 0. The highest BCUT2D eigenvalue weighted by Gasteiger charge is 2.15. The van der Waals surface area contributed by atoms with E-state index >= 15 is 0 Å². The monoisotopic (exact) mass is 631 g/mol. The molecule has 0 spiro atoms. The van der Waals surface area contributed by atoms with Gasteiger partial charge >= 0.3 is 0 Å². The smallest absolute Gasteiger partial charge is 0.113 e.